The van der Waals surface area contributed by atoms with Gasteiger partial charge in [0.05, 0.1) is 24.1 Å². The number of benzene rings is 1. The number of hydrogen-bond donors (Lipinski definition) is 4. The quantitative estimate of drug-likeness (QED) is 0.258. The van der Waals surface area contributed by atoms with Crippen LogP contribution in [0.15, 0.2) is 60.9 Å². The molecule has 4 N–H and O–H groups in total. The maximum atomic E-state index is 10.3. The third-order valence-electron chi connectivity index (χ3n) is 5.61. The number of aliphatic hydroxyl groups is 1. The molecule has 0 bridgehead atoms. The summed E-state index contributed by atoms with van der Waals surface area (Å²) in [6.07, 6.45) is 2.58. The molecule has 0 aliphatic carbocycles. The standard InChI is InChI=1S/C21H26N4.C6H8O7/c1-24(2)14-7-15-25(17-19-9-3-4-12-22-19)16-18-8-5-11-21-20(18)10-6-13-23-21;7-3(8)1-6(13,5(11)12)2-4(9)10/h3-6,8-13H,7,14-17H2,1-2H3;13H,1-2H2,(H,7,8)(H,9,10)(H,11,12). The van der Waals surface area contributed by atoms with Gasteiger partial charge in [-0.2, -0.15) is 0 Å². The smallest absolute Gasteiger partial charge is 0.336 e. The van der Waals surface area contributed by atoms with Crippen molar-refractivity contribution in [2.24, 2.45) is 0 Å². The molecule has 0 saturated heterocycles. The Morgan fingerprint density at radius 3 is 2.08 bits per heavy atom. The number of fused-ring (bicyclic) bond motifs is 1. The number of rotatable bonds is 13. The molecule has 0 atom stereocenters. The molecule has 0 unspecified atom stereocenters. The molecular formula is C27H34N4O7. The van der Waals surface area contributed by atoms with Crippen molar-refractivity contribution in [3.63, 3.8) is 0 Å². The molecule has 0 aliphatic rings. The van der Waals surface area contributed by atoms with Crippen molar-refractivity contribution < 1.29 is 34.8 Å². The highest BCUT2D eigenvalue weighted by Gasteiger charge is 2.40. The largest absolute Gasteiger partial charge is 0.481 e. The normalized spacial score (nSPS) is 11.3. The van der Waals surface area contributed by atoms with E-state index in [9.17, 15) is 14.4 Å². The predicted molar refractivity (Wildman–Crippen MR) is 140 cm³/mol. The monoisotopic (exact) mass is 526 g/mol. The minimum atomic E-state index is -2.74. The number of carbonyl (C=O) groups is 3. The van der Waals surface area contributed by atoms with Crippen LogP contribution >= 0.6 is 0 Å². The second kappa shape index (κ2) is 14.7. The molecule has 11 heteroatoms. The molecule has 2 heterocycles. The molecule has 204 valence electrons. The van der Waals surface area contributed by atoms with Crippen molar-refractivity contribution in [1.29, 1.82) is 0 Å². The molecule has 38 heavy (non-hydrogen) atoms. The number of aromatic nitrogens is 2. The number of pyridine rings is 2. The average molecular weight is 527 g/mol. The van der Waals surface area contributed by atoms with Gasteiger partial charge in [-0.1, -0.05) is 24.3 Å². The Hall–Kier alpha value is -3.93. The Labute approximate surface area is 221 Å². The van der Waals surface area contributed by atoms with Gasteiger partial charge in [-0.25, -0.2) is 4.79 Å². The highest BCUT2D eigenvalue weighted by Crippen LogP contribution is 2.19. The predicted octanol–water partition coefficient (Wildman–Crippen LogP) is 2.34. The van der Waals surface area contributed by atoms with Crippen molar-refractivity contribution in [3.05, 3.63) is 72.2 Å². The zero-order valence-electron chi connectivity index (χ0n) is 21.5. The first-order valence-corrected chi connectivity index (χ1v) is 12.0. The second-order valence-corrected chi connectivity index (χ2v) is 9.15. The van der Waals surface area contributed by atoms with Gasteiger partial charge in [-0.05, 0) is 56.9 Å². The summed E-state index contributed by atoms with van der Waals surface area (Å²) >= 11 is 0. The van der Waals surface area contributed by atoms with Crippen LogP contribution in [0.25, 0.3) is 10.9 Å². The number of aliphatic carboxylic acids is 3. The molecule has 0 fully saturated rings. The fourth-order valence-electron chi connectivity index (χ4n) is 3.81. The van der Waals surface area contributed by atoms with E-state index in [-0.39, 0.29) is 0 Å². The summed E-state index contributed by atoms with van der Waals surface area (Å²) in [6.45, 7) is 3.92. The average Bonchev–Trinajstić information content (AvgIpc) is 2.84. The van der Waals surface area contributed by atoms with E-state index in [1.165, 1.54) is 10.9 Å². The van der Waals surface area contributed by atoms with Crippen molar-refractivity contribution in [2.75, 3.05) is 27.2 Å². The van der Waals surface area contributed by atoms with E-state index in [1.54, 1.807) is 0 Å². The van der Waals surface area contributed by atoms with Gasteiger partial charge in [0.1, 0.15) is 0 Å². The fraction of sp³-hybridized carbons (Fsp3) is 0.370. The van der Waals surface area contributed by atoms with Crippen LogP contribution in [-0.2, 0) is 27.5 Å². The maximum absolute atomic E-state index is 10.3. The van der Waals surface area contributed by atoms with Crippen LogP contribution in [0.5, 0.6) is 0 Å². The molecular weight excluding hydrogens is 492 g/mol. The molecule has 2 aromatic heterocycles. The summed E-state index contributed by atoms with van der Waals surface area (Å²) in [5.74, 6) is -5.02. The Balaban J connectivity index is 0.000000332. The van der Waals surface area contributed by atoms with Crippen molar-refractivity contribution in [1.82, 2.24) is 19.8 Å². The Bertz CT molecular complexity index is 1180. The lowest BCUT2D eigenvalue weighted by molar-refractivity contribution is -0.170. The molecule has 11 nitrogen and oxygen atoms in total. The molecule has 0 aliphatic heterocycles. The van der Waals surface area contributed by atoms with E-state index in [0.29, 0.717) is 0 Å². The van der Waals surface area contributed by atoms with E-state index in [0.717, 1.165) is 43.8 Å². The van der Waals surface area contributed by atoms with Crippen molar-refractivity contribution >= 4 is 28.8 Å². The topological polar surface area (TPSA) is 164 Å². The Morgan fingerprint density at radius 1 is 0.816 bits per heavy atom. The van der Waals surface area contributed by atoms with Crippen LogP contribution in [0.3, 0.4) is 0 Å². The third-order valence-corrected chi connectivity index (χ3v) is 5.61. The van der Waals surface area contributed by atoms with Gasteiger partial charge in [-0.3, -0.25) is 24.5 Å². The van der Waals surface area contributed by atoms with E-state index < -0.39 is 36.4 Å². The SMILES string of the molecule is CN(C)CCCN(Cc1ccccn1)Cc1cccc2ncccc12.O=C(O)CC(O)(CC(=O)O)C(=O)O. The number of nitrogens with zero attached hydrogens (tertiary/aromatic N) is 4. The molecule has 0 spiro atoms. The van der Waals surface area contributed by atoms with Crippen LogP contribution in [0.1, 0.15) is 30.5 Å². The summed E-state index contributed by atoms with van der Waals surface area (Å²) < 4.78 is 0. The first-order valence-electron chi connectivity index (χ1n) is 12.0. The molecule has 1 aromatic carbocycles. The summed E-state index contributed by atoms with van der Waals surface area (Å²) in [5, 5.41) is 35.1. The van der Waals surface area contributed by atoms with Gasteiger partial charge in [0, 0.05) is 37.4 Å². The third kappa shape index (κ3) is 10.2. The summed E-state index contributed by atoms with van der Waals surface area (Å²) in [4.78, 5) is 44.2. The second-order valence-electron chi connectivity index (χ2n) is 9.15. The Kier molecular flexibility index (Phi) is 11.7. The minimum absolute atomic E-state index is 0.866. The first-order chi connectivity index (χ1) is 18.0. The fourth-order valence-corrected chi connectivity index (χ4v) is 3.81. The lowest BCUT2D eigenvalue weighted by atomic mass is 9.96. The van der Waals surface area contributed by atoms with Gasteiger partial charge < -0.3 is 25.3 Å². The highest BCUT2D eigenvalue weighted by molar-refractivity contribution is 5.88. The molecule has 0 radical (unpaired) electrons. The van der Waals surface area contributed by atoms with E-state index in [1.807, 2.05) is 24.5 Å². The van der Waals surface area contributed by atoms with E-state index >= 15 is 0 Å². The maximum Gasteiger partial charge on any atom is 0.336 e. The van der Waals surface area contributed by atoms with Crippen LogP contribution in [0.2, 0.25) is 0 Å². The molecule has 3 aromatic rings. The van der Waals surface area contributed by atoms with Gasteiger partial charge in [0.15, 0.2) is 5.60 Å². The van der Waals surface area contributed by atoms with Crippen LogP contribution in [-0.4, -0.2) is 90.9 Å². The summed E-state index contributed by atoms with van der Waals surface area (Å²) in [6, 6.07) is 16.7. The molecule has 0 saturated carbocycles. The molecule has 0 amide bonds. The lowest BCUT2D eigenvalue weighted by Gasteiger charge is -2.23. The van der Waals surface area contributed by atoms with Crippen LogP contribution in [0.4, 0.5) is 0 Å². The van der Waals surface area contributed by atoms with Crippen LogP contribution < -0.4 is 0 Å². The van der Waals surface area contributed by atoms with E-state index in [2.05, 4.69) is 70.3 Å². The van der Waals surface area contributed by atoms with Gasteiger partial charge >= 0.3 is 17.9 Å². The lowest BCUT2D eigenvalue weighted by Crippen LogP contribution is -2.42. The number of carboxylic acid groups (broad SMARTS) is 3. The Morgan fingerprint density at radius 2 is 1.50 bits per heavy atom. The van der Waals surface area contributed by atoms with Crippen molar-refractivity contribution in [3.8, 4) is 0 Å². The molecule has 3 rings (SSSR count). The van der Waals surface area contributed by atoms with Gasteiger partial charge in [0.2, 0.25) is 0 Å². The number of hydrogen-bond acceptors (Lipinski definition) is 8. The van der Waals surface area contributed by atoms with Gasteiger partial charge in [-0.15, -0.1) is 0 Å². The summed E-state index contributed by atoms with van der Waals surface area (Å²) in [5.41, 5.74) is 0.765. The minimum Gasteiger partial charge on any atom is -0.481 e. The van der Waals surface area contributed by atoms with Gasteiger partial charge in [0.25, 0.3) is 0 Å². The van der Waals surface area contributed by atoms with E-state index in [4.69, 9.17) is 20.4 Å². The summed E-state index contributed by atoms with van der Waals surface area (Å²) in [7, 11) is 4.25. The van der Waals surface area contributed by atoms with Crippen molar-refractivity contribution in [2.45, 2.75) is 38.0 Å². The number of carboxylic acids is 3. The first kappa shape index (κ1) is 30.3. The zero-order chi connectivity index (χ0) is 28.1. The highest BCUT2D eigenvalue weighted by atomic mass is 16.4. The zero-order valence-corrected chi connectivity index (χ0v) is 21.5. The van der Waals surface area contributed by atoms with Crippen LogP contribution in [0, 0.1) is 0 Å².